The van der Waals surface area contributed by atoms with Crippen molar-refractivity contribution in [3.8, 4) is 17.0 Å². The summed E-state index contributed by atoms with van der Waals surface area (Å²) in [6.45, 7) is 1.02. The van der Waals surface area contributed by atoms with E-state index in [2.05, 4.69) is 15.0 Å². The molecule has 1 aliphatic rings. The third-order valence-electron chi connectivity index (χ3n) is 5.41. The Morgan fingerprint density at radius 3 is 2.71 bits per heavy atom. The predicted octanol–water partition coefficient (Wildman–Crippen LogP) is 4.58. The molecule has 3 heterocycles. The smallest absolute Gasteiger partial charge is 0.220 e. The van der Waals surface area contributed by atoms with E-state index in [0.717, 1.165) is 11.3 Å². The van der Waals surface area contributed by atoms with E-state index in [-0.39, 0.29) is 12.1 Å². The molecule has 2 aromatic carbocycles. The number of hydrogen-bond donors (Lipinski definition) is 1. The molecule has 0 bridgehead atoms. The van der Waals surface area contributed by atoms with E-state index in [0.29, 0.717) is 41.1 Å². The third-order valence-corrected chi connectivity index (χ3v) is 5.96. The van der Waals surface area contributed by atoms with Gasteiger partial charge in [0.2, 0.25) is 11.7 Å². The molecule has 1 aliphatic heterocycles. The van der Waals surface area contributed by atoms with Crippen LogP contribution in [0.25, 0.3) is 11.3 Å². The summed E-state index contributed by atoms with van der Waals surface area (Å²) in [5.74, 6) is -0.157. The number of imidazole rings is 1. The molecule has 8 nitrogen and oxygen atoms in total. The highest BCUT2D eigenvalue weighted by Crippen LogP contribution is 2.40. The summed E-state index contributed by atoms with van der Waals surface area (Å²) in [4.78, 5) is 12.3. The van der Waals surface area contributed by atoms with Gasteiger partial charge in [-0.1, -0.05) is 29.3 Å². The molecule has 2 aromatic heterocycles. The van der Waals surface area contributed by atoms with Gasteiger partial charge in [0.1, 0.15) is 18.5 Å². The van der Waals surface area contributed by atoms with Crippen LogP contribution in [0.5, 0.6) is 5.75 Å². The van der Waals surface area contributed by atoms with Gasteiger partial charge in [0.05, 0.1) is 30.2 Å². The lowest BCUT2D eigenvalue weighted by atomic mass is 10.1. The van der Waals surface area contributed by atoms with Crippen LogP contribution in [0.1, 0.15) is 5.56 Å². The number of nitrogens with zero attached hydrogens (tertiary/aromatic N) is 4. The molecule has 1 saturated heterocycles. The number of hydrogen-bond acceptors (Lipinski definition) is 7. The summed E-state index contributed by atoms with van der Waals surface area (Å²) in [5.41, 5.74) is 8.03. The topological polar surface area (TPSA) is 97.3 Å². The lowest BCUT2D eigenvalue weighted by molar-refractivity contribution is -0.189. The first-order valence-corrected chi connectivity index (χ1v) is 11.3. The Kier molecular flexibility index (Phi) is 6.38. The second kappa shape index (κ2) is 9.60. The molecular formula is C24H21Cl2N5O3. The van der Waals surface area contributed by atoms with Crippen molar-refractivity contribution in [3.63, 3.8) is 0 Å². The molecule has 0 radical (unpaired) electrons. The molecule has 34 heavy (non-hydrogen) atoms. The zero-order chi connectivity index (χ0) is 23.5. The maximum atomic E-state index is 6.52. The highest BCUT2D eigenvalue weighted by Gasteiger charge is 2.45. The van der Waals surface area contributed by atoms with Crippen molar-refractivity contribution in [3.05, 3.63) is 89.1 Å². The van der Waals surface area contributed by atoms with Crippen LogP contribution in [0.3, 0.4) is 0 Å². The summed E-state index contributed by atoms with van der Waals surface area (Å²) in [6, 6.07) is 14.6. The minimum absolute atomic E-state index is 0.233. The Labute approximate surface area is 206 Å². The quantitative estimate of drug-likeness (QED) is 0.399. The van der Waals surface area contributed by atoms with Gasteiger partial charge in [-0.3, -0.25) is 0 Å². The Hall–Kier alpha value is -3.17. The third kappa shape index (κ3) is 4.85. The Balaban J connectivity index is 1.29. The fraction of sp³-hybridized carbons (Fsp3) is 0.208. The van der Waals surface area contributed by atoms with Crippen molar-refractivity contribution in [1.29, 1.82) is 0 Å². The minimum Gasteiger partial charge on any atom is -0.491 e. The van der Waals surface area contributed by atoms with Crippen LogP contribution in [-0.2, 0) is 21.8 Å². The standard InChI is InChI=1S/C24H21Cl2N5O3/c25-17-3-6-20(21(26)11-17)24(14-31-10-9-28-15-31)33-13-19(34-24)12-32-18-4-1-16(2-5-18)22-7-8-29-23(27)30-22/h1-11,15,19H,12-14H2,(H2,27,29,30). The first kappa shape index (κ1) is 22.6. The minimum atomic E-state index is -1.09. The van der Waals surface area contributed by atoms with Gasteiger partial charge in [0.25, 0.3) is 0 Å². The lowest BCUT2D eigenvalue weighted by Crippen LogP contribution is -2.34. The van der Waals surface area contributed by atoms with E-state index in [1.54, 1.807) is 36.9 Å². The number of ether oxygens (including phenoxy) is 3. The van der Waals surface area contributed by atoms with Gasteiger partial charge >= 0.3 is 0 Å². The molecule has 10 heteroatoms. The van der Waals surface area contributed by atoms with Crippen LogP contribution in [-0.4, -0.2) is 38.8 Å². The van der Waals surface area contributed by atoms with Crippen LogP contribution in [0, 0.1) is 0 Å². The molecule has 0 amide bonds. The first-order chi connectivity index (χ1) is 16.5. The summed E-state index contributed by atoms with van der Waals surface area (Å²) in [5, 5.41) is 1.01. The van der Waals surface area contributed by atoms with Gasteiger partial charge in [-0.05, 0) is 42.5 Å². The van der Waals surface area contributed by atoms with E-state index < -0.39 is 5.79 Å². The maximum absolute atomic E-state index is 6.52. The number of benzene rings is 2. The van der Waals surface area contributed by atoms with Gasteiger partial charge in [0.15, 0.2) is 0 Å². The van der Waals surface area contributed by atoms with Crippen LogP contribution < -0.4 is 10.5 Å². The van der Waals surface area contributed by atoms with Crippen molar-refractivity contribution in [2.75, 3.05) is 18.9 Å². The lowest BCUT2D eigenvalue weighted by Gasteiger charge is -2.30. The normalized spacial score (nSPS) is 19.9. The van der Waals surface area contributed by atoms with E-state index >= 15 is 0 Å². The van der Waals surface area contributed by atoms with Gasteiger partial charge in [-0.15, -0.1) is 0 Å². The number of halogens is 2. The van der Waals surface area contributed by atoms with Crippen LogP contribution in [0.2, 0.25) is 10.0 Å². The highest BCUT2D eigenvalue weighted by atomic mass is 35.5. The SMILES string of the molecule is Nc1nccc(-c2ccc(OCC3COC(Cn4ccnc4)(c4ccc(Cl)cc4Cl)O3)cc2)n1. The Bertz CT molecular complexity index is 1270. The molecule has 174 valence electrons. The van der Waals surface area contributed by atoms with E-state index in [9.17, 15) is 0 Å². The maximum Gasteiger partial charge on any atom is 0.220 e. The predicted molar refractivity (Wildman–Crippen MR) is 129 cm³/mol. The molecule has 5 rings (SSSR count). The summed E-state index contributed by atoms with van der Waals surface area (Å²) in [6.07, 6.45) is 6.56. The van der Waals surface area contributed by atoms with Gasteiger partial charge < -0.3 is 24.5 Å². The van der Waals surface area contributed by atoms with Gasteiger partial charge in [-0.2, -0.15) is 0 Å². The zero-order valence-electron chi connectivity index (χ0n) is 18.0. The molecule has 0 spiro atoms. The zero-order valence-corrected chi connectivity index (χ0v) is 19.5. The number of aromatic nitrogens is 4. The average Bonchev–Trinajstić information content (AvgIpc) is 3.49. The average molecular weight is 498 g/mol. The fourth-order valence-corrected chi connectivity index (χ4v) is 4.37. The van der Waals surface area contributed by atoms with Crippen molar-refractivity contribution in [2.45, 2.75) is 18.4 Å². The summed E-state index contributed by atoms with van der Waals surface area (Å²) < 4.78 is 20.5. The van der Waals surface area contributed by atoms with Gasteiger partial charge in [-0.25, -0.2) is 15.0 Å². The first-order valence-electron chi connectivity index (χ1n) is 10.6. The summed E-state index contributed by atoms with van der Waals surface area (Å²) in [7, 11) is 0. The molecule has 2 atom stereocenters. The molecule has 2 N–H and O–H groups in total. The van der Waals surface area contributed by atoms with E-state index in [1.807, 2.05) is 41.1 Å². The number of nitrogen functional groups attached to an aromatic ring is 1. The van der Waals surface area contributed by atoms with Gasteiger partial charge in [0, 0.05) is 34.7 Å². The van der Waals surface area contributed by atoms with Crippen molar-refractivity contribution in [1.82, 2.24) is 19.5 Å². The number of anilines is 1. The monoisotopic (exact) mass is 497 g/mol. The molecule has 1 fully saturated rings. The van der Waals surface area contributed by atoms with Crippen molar-refractivity contribution >= 4 is 29.2 Å². The van der Waals surface area contributed by atoms with Crippen molar-refractivity contribution < 1.29 is 14.2 Å². The van der Waals surface area contributed by atoms with Crippen molar-refractivity contribution in [2.24, 2.45) is 0 Å². The second-order valence-electron chi connectivity index (χ2n) is 7.80. The molecule has 0 aliphatic carbocycles. The van der Waals surface area contributed by atoms with Crippen LogP contribution in [0.4, 0.5) is 5.95 Å². The van der Waals surface area contributed by atoms with Crippen LogP contribution in [0.15, 0.2) is 73.4 Å². The van der Waals surface area contributed by atoms with Crippen LogP contribution >= 0.6 is 23.2 Å². The molecule has 0 saturated carbocycles. The Morgan fingerprint density at radius 2 is 1.97 bits per heavy atom. The van der Waals surface area contributed by atoms with E-state index in [4.69, 9.17) is 43.1 Å². The highest BCUT2D eigenvalue weighted by molar-refractivity contribution is 6.35. The second-order valence-corrected chi connectivity index (χ2v) is 8.64. The molecule has 2 unspecified atom stereocenters. The largest absolute Gasteiger partial charge is 0.491 e. The molecule has 4 aromatic rings. The number of nitrogens with two attached hydrogens (primary N) is 1. The van der Waals surface area contributed by atoms with E-state index in [1.165, 1.54) is 0 Å². The summed E-state index contributed by atoms with van der Waals surface area (Å²) >= 11 is 12.6. The fourth-order valence-electron chi connectivity index (χ4n) is 3.82. The number of rotatable bonds is 7. The molecular weight excluding hydrogens is 477 g/mol. The Morgan fingerprint density at radius 1 is 1.12 bits per heavy atom.